The fourth-order valence-corrected chi connectivity index (χ4v) is 8.00. The molecule has 3 heterocycles. The number of nitrogens with zero attached hydrogens (tertiary/aromatic N) is 2. The fraction of sp³-hybridized carbons (Fsp3) is 0.214. The van der Waals surface area contributed by atoms with Crippen LogP contribution in [-0.2, 0) is 33.1 Å². The van der Waals surface area contributed by atoms with Gasteiger partial charge in [0.05, 0.1) is 26.4 Å². The minimum absolute atomic E-state index is 0.0737. The Hall–Kier alpha value is -5.61. The molecule has 4 atom stereocenters. The number of H-pyrrole nitrogens is 1. The third kappa shape index (κ3) is 5.16. The number of carbonyl (C=O) groups excluding carboxylic acids is 1. The molecular weight excluding hydrogens is 642 g/mol. The van der Waals surface area contributed by atoms with Gasteiger partial charge >= 0.3 is 5.69 Å². The second-order valence-corrected chi connectivity index (χ2v) is 13.6. The molecule has 1 amide bonds. The van der Waals surface area contributed by atoms with Gasteiger partial charge in [0.1, 0.15) is 18.2 Å². The molecule has 6 aromatic carbocycles. The number of aromatic nitrogens is 2. The second kappa shape index (κ2) is 12.3. The average Bonchev–Trinajstić information content (AvgIpc) is 3.38. The van der Waals surface area contributed by atoms with E-state index < -0.39 is 35.2 Å². The molecule has 0 spiro atoms. The molecule has 2 saturated heterocycles. The molecule has 2 aliphatic heterocycles. The zero-order chi connectivity index (χ0) is 34.7. The molecule has 0 radical (unpaired) electrons. The van der Waals surface area contributed by atoms with Crippen molar-refractivity contribution in [1.29, 1.82) is 0 Å². The summed E-state index contributed by atoms with van der Waals surface area (Å²) in [5.41, 5.74) is 0.500. The van der Waals surface area contributed by atoms with Gasteiger partial charge in [-0.3, -0.25) is 19.1 Å². The Kier molecular flexibility index (Phi) is 7.57. The molecule has 9 rings (SSSR count). The van der Waals surface area contributed by atoms with Gasteiger partial charge in [-0.1, -0.05) is 109 Å². The van der Waals surface area contributed by atoms with Crippen LogP contribution < -0.4 is 11.2 Å². The van der Waals surface area contributed by atoms with Crippen molar-refractivity contribution in [2.75, 3.05) is 13.2 Å². The van der Waals surface area contributed by atoms with Crippen LogP contribution in [-0.4, -0.2) is 51.8 Å². The van der Waals surface area contributed by atoms with E-state index in [-0.39, 0.29) is 25.7 Å². The number of hydrogen-bond acceptors (Lipinski definition) is 6. The van der Waals surface area contributed by atoms with Crippen molar-refractivity contribution in [2.45, 2.75) is 44.1 Å². The second-order valence-electron chi connectivity index (χ2n) is 13.6. The molecule has 51 heavy (non-hydrogen) atoms. The van der Waals surface area contributed by atoms with Crippen molar-refractivity contribution in [2.24, 2.45) is 0 Å². The number of amides is 1. The zero-order valence-corrected chi connectivity index (χ0v) is 28.0. The molecule has 0 saturated carbocycles. The molecule has 254 valence electrons. The number of aromatic amines is 1. The third-order valence-corrected chi connectivity index (χ3v) is 10.5. The van der Waals surface area contributed by atoms with E-state index in [1.54, 1.807) is 11.8 Å². The Morgan fingerprint density at radius 3 is 2.18 bits per heavy atom. The Balaban J connectivity index is 1.13. The Labute approximate surface area is 292 Å². The highest BCUT2D eigenvalue weighted by molar-refractivity contribution is 6.26. The summed E-state index contributed by atoms with van der Waals surface area (Å²) in [5.74, 6) is -0.189. The normalized spacial score (nSPS) is 21.4. The molecule has 1 N–H and O–H groups in total. The minimum Gasteiger partial charge on any atom is -0.374 e. The molecule has 1 aromatic heterocycles. The number of ether oxygens (including phenoxy) is 3. The van der Waals surface area contributed by atoms with Gasteiger partial charge in [-0.15, -0.1) is 0 Å². The van der Waals surface area contributed by atoms with Crippen molar-refractivity contribution in [3.05, 3.63) is 165 Å². The third-order valence-electron chi connectivity index (χ3n) is 10.5. The topological polar surface area (TPSA) is 103 Å². The van der Waals surface area contributed by atoms with E-state index in [4.69, 9.17) is 14.2 Å². The summed E-state index contributed by atoms with van der Waals surface area (Å²) in [6.45, 7) is 2.49. The highest BCUT2D eigenvalue weighted by Crippen LogP contribution is 2.49. The van der Waals surface area contributed by atoms with Crippen molar-refractivity contribution in [3.8, 4) is 0 Å². The van der Waals surface area contributed by atoms with E-state index in [2.05, 4.69) is 35.3 Å². The summed E-state index contributed by atoms with van der Waals surface area (Å²) in [6.07, 6.45) is 0.214. The van der Waals surface area contributed by atoms with Crippen molar-refractivity contribution in [3.63, 3.8) is 0 Å². The molecule has 2 fully saturated rings. The smallest absolute Gasteiger partial charge is 0.330 e. The number of fused-ring (bicyclic) bond motifs is 1. The number of nitrogens with one attached hydrogen (secondary N) is 1. The van der Waals surface area contributed by atoms with Gasteiger partial charge in [0.25, 0.3) is 11.5 Å². The summed E-state index contributed by atoms with van der Waals surface area (Å²) in [5, 5.41) is 6.32. The van der Waals surface area contributed by atoms with E-state index in [1.807, 2.05) is 84.9 Å². The predicted molar refractivity (Wildman–Crippen MR) is 195 cm³/mol. The standard InChI is InChI=1S/C42H35N3O6/c1-26-21-45(41(48)43-39(26)46)42-25-44(40(47)33-20-18-31-16-15-29-13-8-14-30-17-19-32(33)36(31)35(29)30)38(42)37(50-23-28-11-6-3-7-12-28)34(51-42)24-49-22-27-9-4-2-5-10-27/h2-21,34,37-38H,22-25H2,1H3,(H,43,46,48)/t34-,37-,38?,42-/m1/s1. The molecule has 7 aromatic rings. The van der Waals surface area contributed by atoms with Gasteiger partial charge in [0, 0.05) is 17.3 Å². The maximum Gasteiger partial charge on any atom is 0.330 e. The van der Waals surface area contributed by atoms with Crippen LogP contribution in [0.15, 0.2) is 131 Å². The van der Waals surface area contributed by atoms with Crippen molar-refractivity contribution >= 4 is 38.2 Å². The first-order chi connectivity index (χ1) is 24.9. The lowest BCUT2D eigenvalue weighted by molar-refractivity contribution is -0.199. The molecule has 1 unspecified atom stereocenters. The van der Waals surface area contributed by atoms with Crippen LogP contribution in [0.2, 0.25) is 0 Å². The minimum atomic E-state index is -1.30. The van der Waals surface area contributed by atoms with Crippen molar-refractivity contribution < 1.29 is 19.0 Å². The number of likely N-dealkylation sites (tertiary alicyclic amines) is 1. The monoisotopic (exact) mass is 677 g/mol. The van der Waals surface area contributed by atoms with E-state index >= 15 is 0 Å². The Morgan fingerprint density at radius 1 is 0.804 bits per heavy atom. The maximum atomic E-state index is 14.9. The summed E-state index contributed by atoms with van der Waals surface area (Å²) in [7, 11) is 0. The van der Waals surface area contributed by atoms with E-state index in [0.29, 0.717) is 17.7 Å². The molecule has 0 bridgehead atoms. The Morgan fingerprint density at radius 2 is 1.45 bits per heavy atom. The van der Waals surface area contributed by atoms with Crippen molar-refractivity contribution in [1.82, 2.24) is 14.5 Å². The number of benzene rings is 6. The lowest BCUT2D eigenvalue weighted by atomic mass is 9.85. The van der Waals surface area contributed by atoms with E-state index in [9.17, 15) is 14.4 Å². The quantitative estimate of drug-likeness (QED) is 0.185. The lowest BCUT2D eigenvalue weighted by Gasteiger charge is -2.53. The van der Waals surface area contributed by atoms with Gasteiger partial charge in [0.2, 0.25) is 0 Å². The van der Waals surface area contributed by atoms with Gasteiger partial charge < -0.3 is 19.1 Å². The Bertz CT molecular complexity index is 2520. The fourth-order valence-electron chi connectivity index (χ4n) is 8.00. The van der Waals surface area contributed by atoms with Gasteiger partial charge in [-0.05, 0) is 56.4 Å². The number of hydrogen-bond donors (Lipinski definition) is 1. The van der Waals surface area contributed by atoms with Crippen LogP contribution in [0.5, 0.6) is 0 Å². The first kappa shape index (κ1) is 31.4. The van der Waals surface area contributed by atoms with E-state index in [0.717, 1.165) is 43.4 Å². The summed E-state index contributed by atoms with van der Waals surface area (Å²) in [4.78, 5) is 45.1. The zero-order valence-electron chi connectivity index (χ0n) is 28.0. The SMILES string of the molecule is Cc1cn([C@@]23CN(C(=O)c4ccc5ccc6cccc7ccc4c5c67)C2[C@H](OCc2ccccc2)[C@@H](COCc2ccccc2)O3)c(=O)[nH]c1=O. The highest BCUT2D eigenvalue weighted by atomic mass is 16.6. The molecule has 2 aliphatic rings. The molecule has 9 heteroatoms. The number of carbonyl (C=O) groups is 1. The van der Waals surface area contributed by atoms with Crippen LogP contribution in [0.25, 0.3) is 32.3 Å². The summed E-state index contributed by atoms with van der Waals surface area (Å²) < 4.78 is 21.2. The average molecular weight is 678 g/mol. The van der Waals surface area contributed by atoms with Crippen LogP contribution in [0, 0.1) is 6.92 Å². The predicted octanol–water partition coefficient (Wildman–Crippen LogP) is 6.12. The summed E-state index contributed by atoms with van der Waals surface area (Å²) >= 11 is 0. The van der Waals surface area contributed by atoms with E-state index in [1.165, 1.54) is 10.8 Å². The highest BCUT2D eigenvalue weighted by Gasteiger charge is 2.68. The van der Waals surface area contributed by atoms with Crippen LogP contribution in [0.4, 0.5) is 0 Å². The first-order valence-electron chi connectivity index (χ1n) is 17.2. The van der Waals surface area contributed by atoms with Crippen LogP contribution in [0.3, 0.4) is 0 Å². The first-order valence-corrected chi connectivity index (χ1v) is 17.2. The lowest BCUT2D eigenvalue weighted by Crippen LogP contribution is -2.74. The van der Waals surface area contributed by atoms with Gasteiger partial charge in [-0.2, -0.15) is 0 Å². The van der Waals surface area contributed by atoms with Crippen LogP contribution in [0.1, 0.15) is 27.0 Å². The number of rotatable bonds is 9. The summed E-state index contributed by atoms with van der Waals surface area (Å²) in [6, 6.07) is 37.4. The molecule has 9 nitrogen and oxygen atoms in total. The van der Waals surface area contributed by atoms with Gasteiger partial charge in [-0.25, -0.2) is 4.79 Å². The maximum absolute atomic E-state index is 14.9. The van der Waals surface area contributed by atoms with Crippen LogP contribution >= 0.6 is 0 Å². The number of aryl methyl sites for hydroxylation is 1. The largest absolute Gasteiger partial charge is 0.374 e. The molecular formula is C42H35N3O6. The van der Waals surface area contributed by atoms with Gasteiger partial charge in [0.15, 0.2) is 5.72 Å². The molecule has 0 aliphatic carbocycles.